The molecule has 0 bridgehead atoms. The maximum absolute atomic E-state index is 11.8. The lowest BCUT2D eigenvalue weighted by atomic mass is 10.2. The molecule has 1 aliphatic rings. The molecule has 1 fully saturated rings. The molecule has 1 saturated heterocycles. The zero-order valence-electron chi connectivity index (χ0n) is 10.8. The molecule has 1 amide bonds. The molecular weight excluding hydrogens is 250 g/mol. The lowest BCUT2D eigenvalue weighted by Crippen LogP contribution is -2.24. The molecule has 100 valence electrons. The van der Waals surface area contributed by atoms with Gasteiger partial charge in [0, 0.05) is 20.0 Å². The zero-order chi connectivity index (χ0) is 13.1. The third-order valence-electron chi connectivity index (χ3n) is 3.12. The second-order valence-corrected chi connectivity index (χ2v) is 5.70. The minimum Gasteiger partial charge on any atom is -0.345 e. The van der Waals surface area contributed by atoms with Crippen LogP contribution in [0.3, 0.4) is 0 Å². The third-order valence-corrected chi connectivity index (χ3v) is 4.33. The van der Waals surface area contributed by atoms with Crippen molar-refractivity contribution in [2.45, 2.75) is 43.0 Å². The van der Waals surface area contributed by atoms with E-state index in [1.54, 1.807) is 4.90 Å². The molecule has 1 aromatic rings. The molecule has 2 heterocycles. The van der Waals surface area contributed by atoms with E-state index in [0.717, 1.165) is 38.1 Å². The van der Waals surface area contributed by atoms with Crippen molar-refractivity contribution in [3.63, 3.8) is 0 Å². The maximum atomic E-state index is 11.8. The molecule has 0 spiro atoms. The highest BCUT2D eigenvalue weighted by atomic mass is 32.2. The van der Waals surface area contributed by atoms with Crippen LogP contribution in [0, 0.1) is 0 Å². The fraction of sp³-hybridized carbons (Fsp3) is 0.727. The number of carbonyl (C=O) groups excluding carboxylic acids is 1. The lowest BCUT2D eigenvalue weighted by Gasteiger charge is -2.09. The van der Waals surface area contributed by atoms with E-state index in [2.05, 4.69) is 17.1 Å². The molecule has 0 saturated carbocycles. The van der Waals surface area contributed by atoms with Crippen LogP contribution in [-0.2, 0) is 11.2 Å². The molecule has 0 radical (unpaired) electrons. The number of aryl methyl sites for hydroxylation is 1. The Balaban J connectivity index is 2.02. The number of rotatable bonds is 5. The van der Waals surface area contributed by atoms with Crippen molar-refractivity contribution in [2.24, 2.45) is 0 Å². The van der Waals surface area contributed by atoms with E-state index in [0.29, 0.717) is 5.16 Å². The Kier molecular flexibility index (Phi) is 4.11. The summed E-state index contributed by atoms with van der Waals surface area (Å²) < 4.78 is 1.52. The van der Waals surface area contributed by atoms with Crippen LogP contribution in [-0.4, -0.2) is 44.5 Å². The van der Waals surface area contributed by atoms with Crippen LogP contribution < -0.4 is 5.84 Å². The first-order valence-electron chi connectivity index (χ1n) is 6.24. The number of amides is 1. The van der Waals surface area contributed by atoms with Crippen LogP contribution in [0.15, 0.2) is 5.16 Å². The Morgan fingerprint density at radius 3 is 2.89 bits per heavy atom. The number of likely N-dealkylation sites (tertiary alicyclic amines) is 1. The van der Waals surface area contributed by atoms with Crippen LogP contribution in [0.2, 0.25) is 0 Å². The fourth-order valence-corrected chi connectivity index (χ4v) is 2.99. The molecule has 2 N–H and O–H groups in total. The van der Waals surface area contributed by atoms with Crippen molar-refractivity contribution in [1.82, 2.24) is 19.8 Å². The topological polar surface area (TPSA) is 77.0 Å². The summed E-state index contributed by atoms with van der Waals surface area (Å²) in [6.45, 7) is 2.93. The largest absolute Gasteiger partial charge is 0.345 e. The van der Waals surface area contributed by atoms with E-state index >= 15 is 0 Å². The van der Waals surface area contributed by atoms with Gasteiger partial charge in [0.15, 0.2) is 5.82 Å². The normalized spacial score (nSPS) is 19.8. The molecule has 6 nitrogen and oxygen atoms in total. The number of nitrogens with two attached hydrogens (primary N) is 1. The first kappa shape index (κ1) is 13.2. The van der Waals surface area contributed by atoms with Gasteiger partial charge in [0.2, 0.25) is 11.1 Å². The third kappa shape index (κ3) is 2.60. The first-order valence-corrected chi connectivity index (χ1v) is 7.12. The fourth-order valence-electron chi connectivity index (χ4n) is 1.92. The minimum absolute atomic E-state index is 0.0690. The van der Waals surface area contributed by atoms with Gasteiger partial charge in [0.05, 0.1) is 5.25 Å². The van der Waals surface area contributed by atoms with Gasteiger partial charge in [-0.2, -0.15) is 0 Å². The van der Waals surface area contributed by atoms with Crippen molar-refractivity contribution >= 4 is 17.7 Å². The van der Waals surface area contributed by atoms with Gasteiger partial charge in [0.25, 0.3) is 0 Å². The Morgan fingerprint density at radius 1 is 1.50 bits per heavy atom. The summed E-state index contributed by atoms with van der Waals surface area (Å²) in [6, 6.07) is 0. The molecule has 1 aromatic heterocycles. The number of hydrogen-bond acceptors (Lipinski definition) is 5. The number of nitrogen functional groups attached to an aromatic ring is 1. The highest BCUT2D eigenvalue weighted by Crippen LogP contribution is 2.28. The first-order chi connectivity index (χ1) is 8.63. The van der Waals surface area contributed by atoms with Gasteiger partial charge in [-0.1, -0.05) is 25.1 Å². The van der Waals surface area contributed by atoms with Crippen LogP contribution in [0.4, 0.5) is 0 Å². The lowest BCUT2D eigenvalue weighted by molar-refractivity contribution is -0.126. The molecule has 7 heteroatoms. The summed E-state index contributed by atoms with van der Waals surface area (Å²) in [4.78, 5) is 13.5. The predicted molar refractivity (Wildman–Crippen MR) is 70.7 cm³/mol. The molecule has 18 heavy (non-hydrogen) atoms. The van der Waals surface area contributed by atoms with Crippen molar-refractivity contribution in [3.8, 4) is 0 Å². The molecule has 0 aromatic carbocycles. The summed E-state index contributed by atoms with van der Waals surface area (Å²) >= 11 is 1.42. The quantitative estimate of drug-likeness (QED) is 0.794. The Morgan fingerprint density at radius 2 is 2.28 bits per heavy atom. The van der Waals surface area contributed by atoms with Gasteiger partial charge in [0.1, 0.15) is 0 Å². The highest BCUT2D eigenvalue weighted by Gasteiger charge is 2.31. The Labute approximate surface area is 111 Å². The van der Waals surface area contributed by atoms with E-state index in [1.807, 2.05) is 7.05 Å². The van der Waals surface area contributed by atoms with Gasteiger partial charge in [-0.3, -0.25) is 4.79 Å². The molecule has 2 rings (SSSR count). The summed E-state index contributed by atoms with van der Waals surface area (Å²) in [7, 11) is 1.82. The van der Waals surface area contributed by atoms with Gasteiger partial charge in [-0.15, -0.1) is 10.2 Å². The average molecular weight is 269 g/mol. The van der Waals surface area contributed by atoms with E-state index in [-0.39, 0.29) is 11.2 Å². The number of aromatic nitrogens is 3. The number of hydrogen-bond donors (Lipinski definition) is 1. The van der Waals surface area contributed by atoms with Crippen LogP contribution >= 0.6 is 11.8 Å². The van der Waals surface area contributed by atoms with Crippen LogP contribution in [0.25, 0.3) is 0 Å². The van der Waals surface area contributed by atoms with Crippen molar-refractivity contribution in [2.75, 3.05) is 19.4 Å². The van der Waals surface area contributed by atoms with Gasteiger partial charge < -0.3 is 10.7 Å². The van der Waals surface area contributed by atoms with Gasteiger partial charge >= 0.3 is 0 Å². The summed E-state index contributed by atoms with van der Waals surface area (Å²) in [6.07, 6.45) is 3.82. The zero-order valence-corrected chi connectivity index (χ0v) is 11.6. The summed E-state index contributed by atoms with van der Waals surface area (Å²) in [5.74, 6) is 6.89. The number of thioether (sulfide) groups is 1. The van der Waals surface area contributed by atoms with Crippen molar-refractivity contribution in [3.05, 3.63) is 5.82 Å². The smallest absolute Gasteiger partial charge is 0.235 e. The van der Waals surface area contributed by atoms with Crippen molar-refractivity contribution < 1.29 is 4.79 Å². The molecule has 0 aliphatic carbocycles. The van der Waals surface area contributed by atoms with Gasteiger partial charge in [-0.25, -0.2) is 4.68 Å². The average Bonchev–Trinajstić information content (AvgIpc) is 2.86. The second kappa shape index (κ2) is 5.60. The maximum Gasteiger partial charge on any atom is 0.235 e. The monoisotopic (exact) mass is 269 g/mol. The molecule has 1 aliphatic heterocycles. The van der Waals surface area contributed by atoms with Crippen LogP contribution in [0.1, 0.15) is 32.0 Å². The standard InChI is InChI=1S/C11H19N5OS/c1-3-4-5-9-13-14-11(16(9)12)18-8-6-7-15(2)10(8)17/h8H,3-7,12H2,1-2H3/t8-/m0/s1. The molecule has 1 atom stereocenters. The summed E-state index contributed by atoms with van der Waals surface area (Å²) in [5.41, 5.74) is 0. The van der Waals surface area contributed by atoms with Crippen molar-refractivity contribution in [1.29, 1.82) is 0 Å². The Hall–Kier alpha value is -1.24. The minimum atomic E-state index is -0.0690. The Bertz CT molecular complexity index is 433. The number of unbranched alkanes of at least 4 members (excludes halogenated alkanes) is 1. The molecular formula is C11H19N5OS. The number of carbonyl (C=O) groups is 1. The van der Waals surface area contributed by atoms with E-state index in [9.17, 15) is 4.79 Å². The molecule has 0 unspecified atom stereocenters. The summed E-state index contributed by atoms with van der Waals surface area (Å²) in [5, 5.41) is 8.72. The SMILES string of the molecule is CCCCc1nnc(S[C@H]2CCN(C)C2=O)n1N. The van der Waals surface area contributed by atoms with E-state index in [1.165, 1.54) is 16.4 Å². The van der Waals surface area contributed by atoms with Gasteiger partial charge in [-0.05, 0) is 12.8 Å². The highest BCUT2D eigenvalue weighted by molar-refractivity contribution is 8.00. The van der Waals surface area contributed by atoms with E-state index < -0.39 is 0 Å². The number of nitrogens with zero attached hydrogens (tertiary/aromatic N) is 4. The van der Waals surface area contributed by atoms with Crippen LogP contribution in [0.5, 0.6) is 0 Å². The second-order valence-electron chi connectivity index (χ2n) is 4.53. The predicted octanol–water partition coefficient (Wildman–Crippen LogP) is 0.657. The van der Waals surface area contributed by atoms with E-state index in [4.69, 9.17) is 5.84 Å².